The molecule has 2 aromatic rings. The minimum Gasteiger partial charge on any atom is -0.375 e. The lowest BCUT2D eigenvalue weighted by Crippen LogP contribution is -2.32. The molecule has 0 saturated carbocycles. The van der Waals surface area contributed by atoms with Crippen molar-refractivity contribution in [3.05, 3.63) is 65.2 Å². The molecule has 1 amide bonds. The number of carbonyl (C=O) groups excluding carboxylic acids is 1. The molecule has 0 aliphatic carbocycles. The quantitative estimate of drug-likeness (QED) is 0.562. The lowest BCUT2D eigenvalue weighted by atomic mass is 10.2. The van der Waals surface area contributed by atoms with Gasteiger partial charge in [-0.2, -0.15) is 0 Å². The SMILES string of the molecule is CS(=O)(=O)N(CCCC(=O)NCCOCc1ccccc1)c1ccc(Cl)cc1. The largest absolute Gasteiger partial charge is 0.375 e. The first kappa shape index (κ1) is 22.2. The molecule has 0 fully saturated rings. The maximum Gasteiger partial charge on any atom is 0.232 e. The van der Waals surface area contributed by atoms with Crippen LogP contribution in [0.1, 0.15) is 18.4 Å². The topological polar surface area (TPSA) is 75.7 Å². The van der Waals surface area contributed by atoms with E-state index in [0.717, 1.165) is 11.8 Å². The van der Waals surface area contributed by atoms with Crippen LogP contribution in [0, 0.1) is 0 Å². The zero-order chi connectivity index (χ0) is 20.4. The molecule has 2 aromatic carbocycles. The molecule has 0 aliphatic heterocycles. The monoisotopic (exact) mass is 424 g/mol. The number of nitrogens with zero attached hydrogens (tertiary/aromatic N) is 1. The van der Waals surface area contributed by atoms with Crippen molar-refractivity contribution in [2.45, 2.75) is 19.4 Å². The van der Waals surface area contributed by atoms with E-state index in [4.69, 9.17) is 16.3 Å². The molecule has 0 radical (unpaired) electrons. The first-order valence-electron chi connectivity index (χ1n) is 8.98. The van der Waals surface area contributed by atoms with Gasteiger partial charge in [-0.3, -0.25) is 9.10 Å². The van der Waals surface area contributed by atoms with Gasteiger partial charge in [-0.25, -0.2) is 8.42 Å². The Balaban J connectivity index is 1.68. The molecule has 0 bridgehead atoms. The van der Waals surface area contributed by atoms with Crippen LogP contribution < -0.4 is 9.62 Å². The number of rotatable bonds is 11. The Morgan fingerprint density at radius 3 is 2.43 bits per heavy atom. The molecule has 1 N–H and O–H groups in total. The lowest BCUT2D eigenvalue weighted by molar-refractivity contribution is -0.121. The van der Waals surface area contributed by atoms with Crippen LogP contribution in [0.25, 0.3) is 0 Å². The van der Waals surface area contributed by atoms with Crippen molar-refractivity contribution < 1.29 is 17.9 Å². The summed E-state index contributed by atoms with van der Waals surface area (Å²) in [5, 5.41) is 3.31. The van der Waals surface area contributed by atoms with E-state index in [2.05, 4.69) is 5.32 Å². The Labute approximate surface area is 171 Å². The first-order chi connectivity index (χ1) is 13.4. The fourth-order valence-electron chi connectivity index (χ4n) is 2.59. The molecular weight excluding hydrogens is 400 g/mol. The van der Waals surface area contributed by atoms with Crippen LogP contribution >= 0.6 is 11.6 Å². The summed E-state index contributed by atoms with van der Waals surface area (Å²) in [5.74, 6) is -0.132. The summed E-state index contributed by atoms with van der Waals surface area (Å²) in [6.07, 6.45) is 1.79. The van der Waals surface area contributed by atoms with Crippen molar-refractivity contribution >= 4 is 33.2 Å². The van der Waals surface area contributed by atoms with Gasteiger partial charge in [0.25, 0.3) is 0 Å². The second kappa shape index (κ2) is 11.0. The first-order valence-corrected chi connectivity index (χ1v) is 11.2. The maximum atomic E-state index is 12.0. The average Bonchev–Trinajstić information content (AvgIpc) is 2.66. The molecule has 6 nitrogen and oxygen atoms in total. The number of anilines is 1. The Bertz CT molecular complexity index is 842. The van der Waals surface area contributed by atoms with Crippen molar-refractivity contribution in [2.75, 3.05) is 30.3 Å². The van der Waals surface area contributed by atoms with Crippen molar-refractivity contribution in [3.63, 3.8) is 0 Å². The summed E-state index contributed by atoms with van der Waals surface area (Å²) < 4.78 is 30.8. The van der Waals surface area contributed by atoms with Crippen LogP contribution in [0.3, 0.4) is 0 Å². The molecule has 0 aromatic heterocycles. The van der Waals surface area contributed by atoms with Crippen LogP contribution in [-0.2, 0) is 26.2 Å². The van der Waals surface area contributed by atoms with Gasteiger partial charge >= 0.3 is 0 Å². The van der Waals surface area contributed by atoms with E-state index in [1.165, 1.54) is 4.31 Å². The molecular formula is C20H25ClN2O4S. The predicted octanol–water partition coefficient (Wildman–Crippen LogP) is 3.22. The van der Waals surface area contributed by atoms with Gasteiger partial charge in [-0.1, -0.05) is 41.9 Å². The van der Waals surface area contributed by atoms with Crippen LogP contribution in [0.2, 0.25) is 5.02 Å². The second-order valence-corrected chi connectivity index (χ2v) is 8.65. The molecule has 0 spiro atoms. The highest BCUT2D eigenvalue weighted by atomic mass is 35.5. The average molecular weight is 425 g/mol. The summed E-state index contributed by atoms with van der Waals surface area (Å²) in [5.41, 5.74) is 1.61. The summed E-state index contributed by atoms with van der Waals surface area (Å²) in [7, 11) is -3.44. The number of hydrogen-bond donors (Lipinski definition) is 1. The number of nitrogens with one attached hydrogen (secondary N) is 1. The summed E-state index contributed by atoms with van der Waals surface area (Å²) >= 11 is 5.85. The van der Waals surface area contributed by atoms with Crippen LogP contribution in [0.4, 0.5) is 5.69 Å². The summed E-state index contributed by atoms with van der Waals surface area (Å²) in [6.45, 7) is 1.55. The normalized spacial score (nSPS) is 11.2. The fraction of sp³-hybridized carbons (Fsp3) is 0.350. The molecule has 0 unspecified atom stereocenters. The molecule has 0 aliphatic rings. The number of benzene rings is 2. The fourth-order valence-corrected chi connectivity index (χ4v) is 3.68. The molecule has 0 atom stereocenters. The third-order valence-electron chi connectivity index (χ3n) is 3.96. The maximum absolute atomic E-state index is 12.0. The minimum absolute atomic E-state index is 0.132. The van der Waals surface area contributed by atoms with Gasteiger partial charge in [0.1, 0.15) is 0 Å². The Morgan fingerprint density at radius 2 is 1.79 bits per heavy atom. The highest BCUT2D eigenvalue weighted by molar-refractivity contribution is 7.92. The van der Waals surface area contributed by atoms with Gasteiger partial charge in [0.15, 0.2) is 0 Å². The molecule has 0 heterocycles. The van der Waals surface area contributed by atoms with E-state index in [9.17, 15) is 13.2 Å². The van der Waals surface area contributed by atoms with Gasteiger partial charge in [0, 0.05) is 24.5 Å². The van der Waals surface area contributed by atoms with Gasteiger partial charge in [-0.15, -0.1) is 0 Å². The molecule has 2 rings (SSSR count). The standard InChI is InChI=1S/C20H25ClN2O4S/c1-28(25,26)23(19-11-9-18(21)10-12-19)14-5-8-20(24)22-13-15-27-16-17-6-3-2-4-7-17/h2-4,6-7,9-12H,5,8,13-16H2,1H3,(H,22,24). The van der Waals surface area contributed by atoms with Crippen molar-refractivity contribution in [1.29, 1.82) is 0 Å². The molecule has 28 heavy (non-hydrogen) atoms. The zero-order valence-electron chi connectivity index (χ0n) is 15.8. The number of halogens is 1. The lowest BCUT2D eigenvalue weighted by Gasteiger charge is -2.22. The van der Waals surface area contributed by atoms with Crippen LogP contribution in [0.15, 0.2) is 54.6 Å². The van der Waals surface area contributed by atoms with E-state index < -0.39 is 10.0 Å². The zero-order valence-corrected chi connectivity index (χ0v) is 17.4. The van der Waals surface area contributed by atoms with Crippen LogP contribution in [-0.4, -0.2) is 40.3 Å². The van der Waals surface area contributed by atoms with Gasteiger partial charge in [0.2, 0.25) is 15.9 Å². The van der Waals surface area contributed by atoms with Gasteiger partial charge < -0.3 is 10.1 Å². The number of hydrogen-bond acceptors (Lipinski definition) is 4. The van der Waals surface area contributed by atoms with Gasteiger partial charge in [-0.05, 0) is 36.2 Å². The van der Waals surface area contributed by atoms with E-state index in [1.54, 1.807) is 24.3 Å². The number of ether oxygens (including phenoxy) is 1. The highest BCUT2D eigenvalue weighted by Crippen LogP contribution is 2.20. The van der Waals surface area contributed by atoms with E-state index in [0.29, 0.717) is 36.9 Å². The minimum atomic E-state index is -3.44. The smallest absolute Gasteiger partial charge is 0.232 e. The van der Waals surface area contributed by atoms with E-state index in [-0.39, 0.29) is 18.9 Å². The third-order valence-corrected chi connectivity index (χ3v) is 5.41. The van der Waals surface area contributed by atoms with Gasteiger partial charge in [0.05, 0.1) is 25.2 Å². The Hall–Kier alpha value is -2.09. The van der Waals surface area contributed by atoms with Crippen molar-refractivity contribution in [1.82, 2.24) is 5.32 Å². The predicted molar refractivity (Wildman–Crippen MR) is 112 cm³/mol. The highest BCUT2D eigenvalue weighted by Gasteiger charge is 2.17. The molecule has 152 valence electrons. The van der Waals surface area contributed by atoms with Crippen molar-refractivity contribution in [2.24, 2.45) is 0 Å². The van der Waals surface area contributed by atoms with Crippen molar-refractivity contribution in [3.8, 4) is 0 Å². The number of sulfonamides is 1. The number of carbonyl (C=O) groups is 1. The summed E-state index contributed by atoms with van der Waals surface area (Å²) in [6, 6.07) is 16.4. The van der Waals surface area contributed by atoms with E-state index >= 15 is 0 Å². The molecule has 0 saturated heterocycles. The Morgan fingerprint density at radius 1 is 1.11 bits per heavy atom. The molecule has 8 heteroatoms. The number of amides is 1. The second-order valence-electron chi connectivity index (χ2n) is 6.30. The van der Waals surface area contributed by atoms with Crippen LogP contribution in [0.5, 0.6) is 0 Å². The third kappa shape index (κ3) is 7.88. The van der Waals surface area contributed by atoms with E-state index in [1.807, 2.05) is 30.3 Å². The summed E-state index contributed by atoms with van der Waals surface area (Å²) in [4.78, 5) is 11.9. The Kier molecular flexibility index (Phi) is 8.76.